The molecule has 1 aliphatic rings. The van der Waals surface area contributed by atoms with Crippen molar-refractivity contribution in [3.8, 4) is 11.5 Å². The number of nitrogens with zero attached hydrogens (tertiary/aromatic N) is 3. The number of hydrogen-bond donors (Lipinski definition) is 1. The van der Waals surface area contributed by atoms with Crippen molar-refractivity contribution < 1.29 is 14.6 Å². The molecule has 0 unspecified atom stereocenters. The van der Waals surface area contributed by atoms with E-state index in [4.69, 9.17) is 4.74 Å². The van der Waals surface area contributed by atoms with Crippen molar-refractivity contribution in [2.24, 2.45) is 0 Å². The predicted octanol–water partition coefficient (Wildman–Crippen LogP) is 2.41. The Balaban J connectivity index is 1.79. The Kier molecular flexibility index (Phi) is 3.99. The fourth-order valence-corrected chi connectivity index (χ4v) is 4.01. The summed E-state index contributed by atoms with van der Waals surface area (Å²) in [4.78, 5) is 27.0. The number of pyridine rings is 2. The summed E-state index contributed by atoms with van der Waals surface area (Å²) in [6.07, 6.45) is 10.8. The molecule has 3 heterocycles. The second-order valence-electron chi connectivity index (χ2n) is 6.76. The molecule has 1 saturated carbocycles. The van der Waals surface area contributed by atoms with Crippen LogP contribution in [-0.4, -0.2) is 25.7 Å². The summed E-state index contributed by atoms with van der Waals surface area (Å²) in [5.41, 5.74) is 0.0155. The highest BCUT2D eigenvalue weighted by atomic mass is 16.5. The molecule has 0 aromatic carbocycles. The molecule has 1 N–H and O–H groups in total. The van der Waals surface area contributed by atoms with E-state index in [2.05, 4.69) is 9.55 Å². The Hall–Kier alpha value is -3.09. The molecule has 0 aliphatic heterocycles. The molecule has 0 saturated heterocycles. The van der Waals surface area contributed by atoms with Crippen molar-refractivity contribution >= 4 is 17.5 Å². The molecule has 3 aromatic rings. The molecule has 26 heavy (non-hydrogen) atoms. The molecule has 0 atom stereocenters. The second-order valence-corrected chi connectivity index (χ2v) is 6.76. The second kappa shape index (κ2) is 6.33. The number of hydrogen-bond acceptors (Lipinski definition) is 5. The topological polar surface area (TPSA) is 86.3 Å². The molecular weight excluding hydrogens is 334 g/mol. The van der Waals surface area contributed by atoms with Crippen molar-refractivity contribution in [3.63, 3.8) is 0 Å². The Morgan fingerprint density at radius 1 is 1.27 bits per heavy atom. The van der Waals surface area contributed by atoms with Crippen LogP contribution in [0.1, 0.15) is 25.7 Å². The molecule has 1 fully saturated rings. The lowest BCUT2D eigenvalue weighted by Crippen LogP contribution is -2.35. The summed E-state index contributed by atoms with van der Waals surface area (Å²) >= 11 is 0. The van der Waals surface area contributed by atoms with Gasteiger partial charge in [0.1, 0.15) is 5.65 Å². The van der Waals surface area contributed by atoms with Crippen molar-refractivity contribution in [1.82, 2.24) is 14.1 Å². The molecule has 7 nitrogen and oxygen atoms in total. The molecule has 0 radical (unpaired) electrons. The van der Waals surface area contributed by atoms with Crippen LogP contribution in [0.15, 0.2) is 47.8 Å². The molecule has 134 valence electrons. The van der Waals surface area contributed by atoms with Crippen LogP contribution < -0.4 is 10.2 Å². The quantitative estimate of drug-likeness (QED) is 0.712. The average molecular weight is 353 g/mol. The third kappa shape index (κ3) is 2.65. The first-order valence-electron chi connectivity index (χ1n) is 8.59. The maximum atomic E-state index is 11.9. The summed E-state index contributed by atoms with van der Waals surface area (Å²) in [5.74, 6) is -0.614. The van der Waals surface area contributed by atoms with Crippen LogP contribution in [0.5, 0.6) is 11.5 Å². The summed E-state index contributed by atoms with van der Waals surface area (Å²) in [7, 11) is 0. The van der Waals surface area contributed by atoms with Gasteiger partial charge in [0.2, 0.25) is 0 Å². The van der Waals surface area contributed by atoms with E-state index in [-0.39, 0.29) is 17.8 Å². The number of aromatic hydroxyl groups is 1. The highest BCUT2D eigenvalue weighted by Crippen LogP contribution is 2.40. The molecule has 0 spiro atoms. The average Bonchev–Trinajstić information content (AvgIpc) is 3.27. The Labute approximate surface area is 149 Å². The molecule has 0 bridgehead atoms. The smallest absolute Gasteiger partial charge is 0.298 e. The molecule has 7 heteroatoms. The van der Waals surface area contributed by atoms with Gasteiger partial charge in [0.25, 0.3) is 11.9 Å². The lowest BCUT2D eigenvalue weighted by Gasteiger charge is -2.32. The van der Waals surface area contributed by atoms with Crippen molar-refractivity contribution in [1.29, 1.82) is 0 Å². The largest absolute Gasteiger partial charge is 0.503 e. The number of fused-ring (bicyclic) bond motifs is 1. The van der Waals surface area contributed by atoms with Gasteiger partial charge in [-0.1, -0.05) is 12.8 Å². The van der Waals surface area contributed by atoms with Crippen LogP contribution in [0.4, 0.5) is 0 Å². The zero-order chi connectivity index (χ0) is 18.1. The minimum Gasteiger partial charge on any atom is -0.503 e. The molecule has 0 amide bonds. The normalized spacial score (nSPS) is 16.0. The maximum absolute atomic E-state index is 11.9. The van der Waals surface area contributed by atoms with Crippen molar-refractivity contribution in [2.75, 3.05) is 0 Å². The Morgan fingerprint density at radius 3 is 2.85 bits per heavy atom. The number of rotatable bonds is 5. The van der Waals surface area contributed by atoms with Crippen LogP contribution in [-0.2, 0) is 16.9 Å². The van der Waals surface area contributed by atoms with Crippen LogP contribution >= 0.6 is 0 Å². The summed E-state index contributed by atoms with van der Waals surface area (Å²) < 4.78 is 8.64. The standard InChI is InChI=1S/C19H19N3O4/c23-13-26-16-11-21(10-15(24)17(16)25)12-19(6-1-2-7-19)22-9-5-14-4-3-8-20-18(14)22/h3-5,8-11,13,24H,1-2,6-7,12H2. The Bertz CT molecular complexity index is 1020. The minimum atomic E-state index is -0.693. The number of carbonyl (C=O) groups is 1. The van der Waals surface area contributed by atoms with Crippen molar-refractivity contribution in [3.05, 3.63) is 53.2 Å². The van der Waals surface area contributed by atoms with E-state index in [0.717, 1.165) is 36.7 Å². The van der Waals surface area contributed by atoms with Gasteiger partial charge in [-0.05, 0) is 31.0 Å². The van der Waals surface area contributed by atoms with Gasteiger partial charge < -0.3 is 19.0 Å². The lowest BCUT2D eigenvalue weighted by molar-refractivity contribution is -0.120. The molecule has 4 rings (SSSR count). The third-order valence-electron chi connectivity index (χ3n) is 5.17. The predicted molar refractivity (Wildman–Crippen MR) is 95.2 cm³/mol. The first-order valence-corrected chi connectivity index (χ1v) is 8.59. The van der Waals surface area contributed by atoms with Crippen LogP contribution in [0, 0.1) is 0 Å². The minimum absolute atomic E-state index is 0.177. The van der Waals surface area contributed by atoms with E-state index in [1.165, 1.54) is 12.4 Å². The molecule has 1 aliphatic carbocycles. The van der Waals surface area contributed by atoms with E-state index in [1.54, 1.807) is 10.8 Å². The first kappa shape index (κ1) is 16.4. The monoisotopic (exact) mass is 353 g/mol. The maximum Gasteiger partial charge on any atom is 0.298 e. The number of aromatic nitrogens is 3. The SMILES string of the molecule is O=COc1cn(CC2(n3ccc4cccnc43)CCCC2)cc(O)c1=O. The highest BCUT2D eigenvalue weighted by molar-refractivity contribution is 5.76. The third-order valence-corrected chi connectivity index (χ3v) is 5.17. The number of carbonyl (C=O) groups excluding carboxylic acids is 1. The first-order chi connectivity index (χ1) is 12.6. The van der Waals surface area contributed by atoms with Gasteiger partial charge in [-0.3, -0.25) is 9.59 Å². The Morgan fingerprint density at radius 2 is 2.08 bits per heavy atom. The summed E-state index contributed by atoms with van der Waals surface area (Å²) in [6.45, 7) is 0.728. The molecular formula is C19H19N3O4. The van der Waals surface area contributed by atoms with Crippen molar-refractivity contribution in [2.45, 2.75) is 37.8 Å². The van der Waals surface area contributed by atoms with E-state index in [9.17, 15) is 14.7 Å². The fraction of sp³-hybridized carbons (Fsp3) is 0.316. The van der Waals surface area contributed by atoms with E-state index in [1.807, 2.05) is 24.4 Å². The van der Waals surface area contributed by atoms with Crippen LogP contribution in [0.3, 0.4) is 0 Å². The van der Waals surface area contributed by atoms with Gasteiger partial charge in [0.05, 0.1) is 17.9 Å². The zero-order valence-electron chi connectivity index (χ0n) is 14.2. The molecule has 3 aromatic heterocycles. The van der Waals surface area contributed by atoms with E-state index in [0.29, 0.717) is 6.54 Å². The van der Waals surface area contributed by atoms with Gasteiger partial charge in [-0.25, -0.2) is 4.98 Å². The van der Waals surface area contributed by atoms with Crippen LogP contribution in [0.2, 0.25) is 0 Å². The van der Waals surface area contributed by atoms with E-state index >= 15 is 0 Å². The number of ether oxygens (including phenoxy) is 1. The van der Waals surface area contributed by atoms with Crippen LogP contribution in [0.25, 0.3) is 11.0 Å². The van der Waals surface area contributed by atoms with Gasteiger partial charge in [0, 0.05) is 24.3 Å². The van der Waals surface area contributed by atoms with Gasteiger partial charge in [-0.15, -0.1) is 0 Å². The van der Waals surface area contributed by atoms with Gasteiger partial charge in [0.15, 0.2) is 11.5 Å². The highest BCUT2D eigenvalue weighted by Gasteiger charge is 2.37. The summed E-state index contributed by atoms with van der Waals surface area (Å²) in [5, 5.41) is 11.0. The van der Waals surface area contributed by atoms with Gasteiger partial charge in [-0.2, -0.15) is 0 Å². The lowest BCUT2D eigenvalue weighted by atomic mass is 9.96. The summed E-state index contributed by atoms with van der Waals surface area (Å²) in [6, 6.07) is 5.99. The van der Waals surface area contributed by atoms with E-state index < -0.39 is 11.2 Å². The van der Waals surface area contributed by atoms with Gasteiger partial charge >= 0.3 is 0 Å². The zero-order valence-corrected chi connectivity index (χ0v) is 14.2. The fourth-order valence-electron chi connectivity index (χ4n) is 4.01.